The molecular weight excluding hydrogens is 222 g/mol. The number of hydrogen-bond acceptors (Lipinski definition) is 2. The smallest absolute Gasteiger partial charge is 0.251 e. The standard InChI is InChI=1S/C10H20F2N2.ClH/c1-3-14(6-9(11)12)8-10(2)4-5-13-7-10;/h9,13H,3-8H2,1-2H3;1H. The van der Waals surface area contributed by atoms with Crippen molar-refractivity contribution in [3.63, 3.8) is 0 Å². The molecule has 0 saturated carbocycles. The molecule has 1 saturated heterocycles. The van der Waals surface area contributed by atoms with Gasteiger partial charge in [0.1, 0.15) is 0 Å². The number of alkyl halides is 2. The van der Waals surface area contributed by atoms with Crippen molar-refractivity contribution in [2.75, 3.05) is 32.7 Å². The van der Waals surface area contributed by atoms with Gasteiger partial charge in [0.05, 0.1) is 6.54 Å². The molecule has 0 aliphatic carbocycles. The number of hydrogen-bond donors (Lipinski definition) is 1. The van der Waals surface area contributed by atoms with Gasteiger partial charge in [-0.2, -0.15) is 0 Å². The lowest BCUT2D eigenvalue weighted by molar-refractivity contribution is 0.0711. The van der Waals surface area contributed by atoms with Crippen molar-refractivity contribution in [3.05, 3.63) is 0 Å². The highest BCUT2D eigenvalue weighted by Crippen LogP contribution is 2.25. The molecule has 0 aromatic rings. The molecule has 1 rings (SSSR count). The van der Waals surface area contributed by atoms with Crippen LogP contribution in [0.4, 0.5) is 8.78 Å². The van der Waals surface area contributed by atoms with E-state index in [1.165, 1.54) is 0 Å². The SMILES string of the molecule is CCN(CC(F)F)CC1(C)CCNC1.Cl. The van der Waals surface area contributed by atoms with Gasteiger partial charge in [-0.3, -0.25) is 4.90 Å². The fraction of sp³-hybridized carbons (Fsp3) is 1.00. The van der Waals surface area contributed by atoms with E-state index in [4.69, 9.17) is 0 Å². The fourth-order valence-corrected chi connectivity index (χ4v) is 2.04. The second kappa shape index (κ2) is 6.61. The summed E-state index contributed by atoms with van der Waals surface area (Å²) in [7, 11) is 0. The Morgan fingerprint density at radius 2 is 2.13 bits per heavy atom. The first-order chi connectivity index (χ1) is 6.56. The summed E-state index contributed by atoms with van der Waals surface area (Å²) in [6, 6.07) is 0. The normalized spacial score (nSPS) is 26.0. The molecule has 1 N–H and O–H groups in total. The van der Waals surface area contributed by atoms with E-state index in [1.807, 2.05) is 11.8 Å². The van der Waals surface area contributed by atoms with E-state index in [1.54, 1.807) is 0 Å². The van der Waals surface area contributed by atoms with Crippen molar-refractivity contribution in [3.8, 4) is 0 Å². The van der Waals surface area contributed by atoms with Crippen molar-refractivity contribution in [2.24, 2.45) is 5.41 Å². The van der Waals surface area contributed by atoms with Crippen LogP contribution in [0.3, 0.4) is 0 Å². The van der Waals surface area contributed by atoms with Crippen LogP contribution in [0, 0.1) is 5.41 Å². The molecule has 1 aliphatic heterocycles. The molecule has 1 unspecified atom stereocenters. The summed E-state index contributed by atoms with van der Waals surface area (Å²) in [5.41, 5.74) is 0.185. The van der Waals surface area contributed by atoms with Crippen LogP contribution < -0.4 is 5.32 Å². The first-order valence-electron chi connectivity index (χ1n) is 5.27. The van der Waals surface area contributed by atoms with Crippen LogP contribution in [0.25, 0.3) is 0 Å². The average Bonchev–Trinajstić information content (AvgIpc) is 2.50. The minimum absolute atomic E-state index is 0. The third kappa shape index (κ3) is 5.09. The number of nitrogens with one attached hydrogen (secondary N) is 1. The number of rotatable bonds is 5. The van der Waals surface area contributed by atoms with Gasteiger partial charge in [-0.15, -0.1) is 12.4 Å². The largest absolute Gasteiger partial charge is 0.316 e. The van der Waals surface area contributed by atoms with Gasteiger partial charge in [0.25, 0.3) is 6.43 Å². The van der Waals surface area contributed by atoms with E-state index >= 15 is 0 Å². The van der Waals surface area contributed by atoms with E-state index in [0.29, 0.717) is 6.54 Å². The lowest BCUT2D eigenvalue weighted by Crippen LogP contribution is -2.39. The van der Waals surface area contributed by atoms with Gasteiger partial charge in [-0.05, 0) is 24.9 Å². The zero-order valence-corrected chi connectivity index (χ0v) is 10.2. The summed E-state index contributed by atoms with van der Waals surface area (Å²) in [4.78, 5) is 1.84. The predicted molar refractivity (Wildman–Crippen MR) is 61.0 cm³/mol. The van der Waals surface area contributed by atoms with Gasteiger partial charge in [0.2, 0.25) is 0 Å². The number of halogens is 3. The van der Waals surface area contributed by atoms with Gasteiger partial charge in [0.15, 0.2) is 0 Å². The highest BCUT2D eigenvalue weighted by molar-refractivity contribution is 5.85. The maximum Gasteiger partial charge on any atom is 0.251 e. The summed E-state index contributed by atoms with van der Waals surface area (Å²) in [5.74, 6) is 0. The van der Waals surface area contributed by atoms with E-state index in [-0.39, 0.29) is 24.4 Å². The van der Waals surface area contributed by atoms with Gasteiger partial charge < -0.3 is 5.32 Å². The van der Waals surface area contributed by atoms with Gasteiger partial charge in [-0.25, -0.2) is 8.78 Å². The van der Waals surface area contributed by atoms with Crippen LogP contribution in [0.1, 0.15) is 20.3 Å². The van der Waals surface area contributed by atoms with Crippen LogP contribution in [0.5, 0.6) is 0 Å². The van der Waals surface area contributed by atoms with E-state index < -0.39 is 6.43 Å². The zero-order chi connectivity index (χ0) is 10.6. The summed E-state index contributed by atoms with van der Waals surface area (Å²) in [6.07, 6.45) is -1.12. The number of nitrogens with zero attached hydrogens (tertiary/aromatic N) is 1. The van der Waals surface area contributed by atoms with Crippen molar-refractivity contribution in [1.29, 1.82) is 0 Å². The quantitative estimate of drug-likeness (QED) is 0.793. The Morgan fingerprint density at radius 3 is 2.53 bits per heavy atom. The maximum absolute atomic E-state index is 12.2. The van der Waals surface area contributed by atoms with Gasteiger partial charge in [0, 0.05) is 13.1 Å². The molecule has 1 fully saturated rings. The molecular formula is C10H21ClF2N2. The minimum Gasteiger partial charge on any atom is -0.316 e. The van der Waals surface area contributed by atoms with Crippen LogP contribution in [-0.4, -0.2) is 44.0 Å². The molecule has 0 amide bonds. The molecule has 2 nitrogen and oxygen atoms in total. The molecule has 5 heteroatoms. The molecule has 0 aromatic heterocycles. The van der Waals surface area contributed by atoms with E-state index in [9.17, 15) is 8.78 Å². The second-order valence-corrected chi connectivity index (χ2v) is 4.46. The Bertz CT molecular complexity index is 173. The molecule has 0 radical (unpaired) electrons. The Hall–Kier alpha value is 0.0700. The average molecular weight is 243 g/mol. The molecule has 1 atom stereocenters. The van der Waals surface area contributed by atoms with Gasteiger partial charge in [-0.1, -0.05) is 13.8 Å². The summed E-state index contributed by atoms with van der Waals surface area (Å²) in [5, 5.41) is 3.28. The van der Waals surface area contributed by atoms with Crippen molar-refractivity contribution in [2.45, 2.75) is 26.7 Å². The molecule has 0 aromatic carbocycles. The molecule has 15 heavy (non-hydrogen) atoms. The topological polar surface area (TPSA) is 15.3 Å². The third-order valence-corrected chi connectivity index (χ3v) is 2.91. The Labute approximate surface area is 96.8 Å². The zero-order valence-electron chi connectivity index (χ0n) is 9.43. The fourth-order valence-electron chi connectivity index (χ4n) is 2.04. The lowest BCUT2D eigenvalue weighted by atomic mass is 9.89. The highest BCUT2D eigenvalue weighted by Gasteiger charge is 2.30. The molecule has 0 bridgehead atoms. The maximum atomic E-state index is 12.2. The van der Waals surface area contributed by atoms with Crippen LogP contribution in [-0.2, 0) is 0 Å². The van der Waals surface area contributed by atoms with Crippen molar-refractivity contribution in [1.82, 2.24) is 10.2 Å². The van der Waals surface area contributed by atoms with E-state index in [2.05, 4.69) is 12.2 Å². The highest BCUT2D eigenvalue weighted by atomic mass is 35.5. The Morgan fingerprint density at radius 1 is 1.47 bits per heavy atom. The van der Waals surface area contributed by atoms with E-state index in [0.717, 1.165) is 26.1 Å². The first kappa shape index (κ1) is 15.1. The molecule has 92 valence electrons. The lowest BCUT2D eigenvalue weighted by Gasteiger charge is -2.30. The predicted octanol–water partition coefficient (Wildman–Crippen LogP) is 1.99. The Balaban J connectivity index is 0.00000196. The molecule has 1 heterocycles. The third-order valence-electron chi connectivity index (χ3n) is 2.91. The summed E-state index contributed by atoms with van der Waals surface area (Å²) >= 11 is 0. The Kier molecular flexibility index (Phi) is 6.64. The summed E-state index contributed by atoms with van der Waals surface area (Å²) < 4.78 is 24.4. The molecule has 0 spiro atoms. The minimum atomic E-state index is -2.21. The summed E-state index contributed by atoms with van der Waals surface area (Å²) in [6.45, 7) is 7.47. The van der Waals surface area contributed by atoms with Crippen LogP contribution >= 0.6 is 12.4 Å². The second-order valence-electron chi connectivity index (χ2n) is 4.46. The van der Waals surface area contributed by atoms with Gasteiger partial charge >= 0.3 is 0 Å². The first-order valence-corrected chi connectivity index (χ1v) is 5.27. The van der Waals surface area contributed by atoms with Crippen molar-refractivity contribution < 1.29 is 8.78 Å². The molecule has 1 aliphatic rings. The van der Waals surface area contributed by atoms with Crippen LogP contribution in [0.15, 0.2) is 0 Å². The van der Waals surface area contributed by atoms with Crippen LogP contribution in [0.2, 0.25) is 0 Å². The monoisotopic (exact) mass is 242 g/mol. The van der Waals surface area contributed by atoms with Crippen molar-refractivity contribution >= 4 is 12.4 Å².